The van der Waals surface area contributed by atoms with Crippen LogP contribution in [0.5, 0.6) is 11.5 Å². The first-order valence-electron chi connectivity index (χ1n) is 8.24. The van der Waals surface area contributed by atoms with Gasteiger partial charge in [0.1, 0.15) is 0 Å². The molecule has 27 heavy (non-hydrogen) atoms. The molecule has 0 bridgehead atoms. The molecule has 0 spiro atoms. The van der Waals surface area contributed by atoms with Crippen LogP contribution in [0.1, 0.15) is 22.8 Å². The number of benzene rings is 2. The summed E-state index contributed by atoms with van der Waals surface area (Å²) in [5, 5.41) is 9.28. The van der Waals surface area contributed by atoms with Crippen LogP contribution in [0.2, 0.25) is 0 Å². The monoisotopic (exact) mass is 370 g/mol. The van der Waals surface area contributed by atoms with Gasteiger partial charge in [0.2, 0.25) is 0 Å². The Labute approximate surface area is 153 Å². The van der Waals surface area contributed by atoms with E-state index in [2.05, 4.69) is 4.98 Å². The van der Waals surface area contributed by atoms with Crippen molar-refractivity contribution < 1.29 is 19.4 Å². The molecule has 0 aliphatic heterocycles. The number of carbonyl (C=O) groups is 1. The van der Waals surface area contributed by atoms with Gasteiger partial charge in [0.05, 0.1) is 36.7 Å². The summed E-state index contributed by atoms with van der Waals surface area (Å²) in [4.78, 5) is 38.7. The van der Waals surface area contributed by atoms with Crippen LogP contribution in [0.25, 0.3) is 10.9 Å². The number of ether oxygens (including phenoxy) is 2. The third-order valence-electron chi connectivity index (χ3n) is 4.10. The van der Waals surface area contributed by atoms with Crippen molar-refractivity contribution in [2.24, 2.45) is 0 Å². The quantitative estimate of drug-likeness (QED) is 0.685. The number of hydrogen-bond donors (Lipinski definition) is 2. The molecule has 3 rings (SSSR count). The molecule has 0 atom stereocenters. The fourth-order valence-corrected chi connectivity index (χ4v) is 2.80. The lowest BCUT2D eigenvalue weighted by molar-refractivity contribution is 0.0697. The number of aromatic amines is 1. The molecule has 8 nitrogen and oxygen atoms in total. The Balaban J connectivity index is 2.06. The van der Waals surface area contributed by atoms with Gasteiger partial charge in [-0.2, -0.15) is 0 Å². The number of carboxylic acids is 1. The lowest BCUT2D eigenvalue weighted by atomic mass is 10.1. The van der Waals surface area contributed by atoms with Gasteiger partial charge in [-0.05, 0) is 42.8 Å². The second-order valence-corrected chi connectivity index (χ2v) is 5.81. The van der Waals surface area contributed by atoms with Crippen molar-refractivity contribution in [2.75, 3.05) is 13.7 Å². The molecular weight excluding hydrogens is 352 g/mol. The van der Waals surface area contributed by atoms with Gasteiger partial charge >= 0.3 is 11.7 Å². The summed E-state index contributed by atoms with van der Waals surface area (Å²) < 4.78 is 11.8. The molecule has 0 radical (unpaired) electrons. The average molecular weight is 370 g/mol. The predicted molar refractivity (Wildman–Crippen MR) is 99.1 cm³/mol. The Morgan fingerprint density at radius 2 is 1.93 bits per heavy atom. The van der Waals surface area contributed by atoms with Crippen molar-refractivity contribution in [2.45, 2.75) is 13.5 Å². The normalized spacial score (nSPS) is 10.7. The molecule has 0 fully saturated rings. The molecule has 0 aliphatic carbocycles. The lowest BCUT2D eigenvalue weighted by Gasteiger charge is -2.12. The van der Waals surface area contributed by atoms with Gasteiger partial charge in [-0.1, -0.05) is 6.07 Å². The highest BCUT2D eigenvalue weighted by atomic mass is 16.5. The van der Waals surface area contributed by atoms with Crippen LogP contribution in [0.3, 0.4) is 0 Å². The smallest absolute Gasteiger partial charge is 0.335 e. The molecule has 2 aromatic carbocycles. The molecule has 0 aliphatic rings. The minimum absolute atomic E-state index is 0.00758. The molecule has 1 heterocycles. The highest BCUT2D eigenvalue weighted by molar-refractivity contribution is 5.92. The Morgan fingerprint density at radius 1 is 1.15 bits per heavy atom. The van der Waals surface area contributed by atoms with E-state index in [0.29, 0.717) is 23.7 Å². The number of nitrogens with zero attached hydrogens (tertiary/aromatic N) is 1. The standard InChI is InChI=1S/C19H18N2O6/c1-3-27-16-8-11(4-7-15(16)26-2)10-21-17(22)13-6-5-12(18(23)24)9-14(13)20-19(21)25/h4-9H,3,10H2,1-2H3,(H,20,25)(H,23,24). The number of aromatic carboxylic acids is 1. The highest BCUT2D eigenvalue weighted by Crippen LogP contribution is 2.28. The Kier molecular flexibility index (Phi) is 4.98. The number of aromatic nitrogens is 2. The summed E-state index contributed by atoms with van der Waals surface area (Å²) in [6.07, 6.45) is 0. The number of fused-ring (bicyclic) bond motifs is 1. The maximum atomic E-state index is 12.7. The van der Waals surface area contributed by atoms with Gasteiger partial charge in [-0.3, -0.25) is 9.36 Å². The fraction of sp³-hybridized carbons (Fsp3) is 0.211. The zero-order chi connectivity index (χ0) is 19.6. The van der Waals surface area contributed by atoms with E-state index in [0.717, 1.165) is 4.57 Å². The summed E-state index contributed by atoms with van der Waals surface area (Å²) in [5.41, 5.74) is -0.255. The summed E-state index contributed by atoms with van der Waals surface area (Å²) in [6, 6.07) is 9.16. The van der Waals surface area contributed by atoms with Gasteiger partial charge < -0.3 is 19.6 Å². The Morgan fingerprint density at radius 3 is 2.59 bits per heavy atom. The average Bonchev–Trinajstić information content (AvgIpc) is 2.65. The molecule has 0 unspecified atom stereocenters. The summed E-state index contributed by atoms with van der Waals surface area (Å²) in [7, 11) is 1.53. The third kappa shape index (κ3) is 3.55. The lowest BCUT2D eigenvalue weighted by Crippen LogP contribution is -2.35. The molecular formula is C19H18N2O6. The molecule has 8 heteroatoms. The van der Waals surface area contributed by atoms with E-state index in [1.807, 2.05) is 6.92 Å². The van der Waals surface area contributed by atoms with Gasteiger partial charge in [-0.25, -0.2) is 9.59 Å². The highest BCUT2D eigenvalue weighted by Gasteiger charge is 2.12. The van der Waals surface area contributed by atoms with Crippen LogP contribution >= 0.6 is 0 Å². The number of rotatable bonds is 6. The van der Waals surface area contributed by atoms with Crippen molar-refractivity contribution >= 4 is 16.9 Å². The van der Waals surface area contributed by atoms with E-state index in [-0.39, 0.29) is 23.0 Å². The number of carboxylic acid groups (broad SMARTS) is 1. The second-order valence-electron chi connectivity index (χ2n) is 5.81. The van der Waals surface area contributed by atoms with Crippen LogP contribution in [-0.2, 0) is 6.54 Å². The molecule has 2 N–H and O–H groups in total. The summed E-state index contributed by atoms with van der Waals surface area (Å²) in [6.45, 7) is 2.33. The molecule has 0 saturated heterocycles. The molecule has 1 aromatic heterocycles. The zero-order valence-corrected chi connectivity index (χ0v) is 14.8. The maximum Gasteiger partial charge on any atom is 0.335 e. The first kappa shape index (κ1) is 18.2. The maximum absolute atomic E-state index is 12.7. The van der Waals surface area contributed by atoms with Crippen molar-refractivity contribution in [1.29, 1.82) is 0 Å². The van der Waals surface area contributed by atoms with Crippen molar-refractivity contribution in [3.8, 4) is 11.5 Å². The summed E-state index contributed by atoms with van der Waals surface area (Å²) >= 11 is 0. The minimum atomic E-state index is -1.14. The second kappa shape index (κ2) is 7.36. The van der Waals surface area contributed by atoms with Crippen LogP contribution in [0.4, 0.5) is 0 Å². The van der Waals surface area contributed by atoms with Crippen LogP contribution in [0.15, 0.2) is 46.0 Å². The SMILES string of the molecule is CCOc1cc(Cn2c(=O)[nH]c3cc(C(=O)O)ccc3c2=O)ccc1OC. The minimum Gasteiger partial charge on any atom is -0.493 e. The van der Waals surface area contributed by atoms with Crippen molar-refractivity contribution in [3.05, 3.63) is 68.4 Å². The summed E-state index contributed by atoms with van der Waals surface area (Å²) in [5.74, 6) is -0.0564. The molecule has 140 valence electrons. The number of H-pyrrole nitrogens is 1. The molecule has 0 saturated carbocycles. The first-order chi connectivity index (χ1) is 12.9. The van der Waals surface area contributed by atoms with E-state index >= 15 is 0 Å². The van der Waals surface area contributed by atoms with Crippen molar-refractivity contribution in [3.63, 3.8) is 0 Å². The topological polar surface area (TPSA) is 111 Å². The van der Waals surface area contributed by atoms with E-state index in [1.165, 1.54) is 25.3 Å². The van der Waals surface area contributed by atoms with Crippen molar-refractivity contribution in [1.82, 2.24) is 9.55 Å². The van der Waals surface area contributed by atoms with Gasteiger partial charge in [0.15, 0.2) is 11.5 Å². The van der Waals surface area contributed by atoms with Gasteiger partial charge in [-0.15, -0.1) is 0 Å². The van der Waals surface area contributed by atoms with Crippen LogP contribution < -0.4 is 20.7 Å². The Hall–Kier alpha value is -3.55. The van der Waals surface area contributed by atoms with Crippen LogP contribution in [-0.4, -0.2) is 34.3 Å². The predicted octanol–water partition coefficient (Wildman–Crippen LogP) is 1.84. The zero-order valence-electron chi connectivity index (χ0n) is 14.8. The molecule has 0 amide bonds. The largest absolute Gasteiger partial charge is 0.493 e. The van der Waals surface area contributed by atoms with Crippen LogP contribution in [0, 0.1) is 0 Å². The third-order valence-corrected chi connectivity index (χ3v) is 4.10. The van der Waals surface area contributed by atoms with Gasteiger partial charge in [0.25, 0.3) is 5.56 Å². The Bertz CT molecular complexity index is 1130. The number of nitrogens with one attached hydrogen (secondary N) is 1. The van der Waals surface area contributed by atoms with E-state index < -0.39 is 17.2 Å². The van der Waals surface area contributed by atoms with E-state index in [4.69, 9.17) is 14.6 Å². The molecule has 3 aromatic rings. The van der Waals surface area contributed by atoms with E-state index in [1.54, 1.807) is 18.2 Å². The first-order valence-corrected chi connectivity index (χ1v) is 8.24. The fourth-order valence-electron chi connectivity index (χ4n) is 2.80. The number of hydrogen-bond acceptors (Lipinski definition) is 5. The van der Waals surface area contributed by atoms with Gasteiger partial charge in [0, 0.05) is 0 Å². The van der Waals surface area contributed by atoms with E-state index in [9.17, 15) is 14.4 Å². The number of methoxy groups -OCH3 is 1.